The third-order valence-corrected chi connectivity index (χ3v) is 4.66. The number of carbonyl (C=O) groups excluding carboxylic acids is 1. The van der Waals surface area contributed by atoms with Crippen LogP contribution in [-0.4, -0.2) is 29.0 Å². The summed E-state index contributed by atoms with van der Waals surface area (Å²) in [5, 5.41) is 3.54. The summed E-state index contributed by atoms with van der Waals surface area (Å²) in [6, 6.07) is 23.7. The molecule has 0 amide bonds. The molecule has 0 aliphatic rings. The van der Waals surface area contributed by atoms with Gasteiger partial charge in [0.15, 0.2) is 0 Å². The molecule has 2 aromatic heterocycles. The van der Waals surface area contributed by atoms with Crippen molar-refractivity contribution >= 4 is 17.4 Å². The summed E-state index contributed by atoms with van der Waals surface area (Å²) in [6.07, 6.45) is 2.92. The van der Waals surface area contributed by atoms with Crippen molar-refractivity contribution in [3.63, 3.8) is 0 Å². The first kappa shape index (κ1) is 17.8. The Kier molecular flexibility index (Phi) is 5.06. The molecule has 140 valence electrons. The molecule has 2 heterocycles. The molecule has 5 heteroatoms. The van der Waals surface area contributed by atoms with Gasteiger partial charge in [0.25, 0.3) is 0 Å². The second-order valence-electron chi connectivity index (χ2n) is 6.47. The average molecular weight is 371 g/mol. The van der Waals surface area contributed by atoms with Crippen LogP contribution in [0, 0.1) is 0 Å². The molecule has 1 N–H and O–H groups in total. The monoisotopic (exact) mass is 371 g/mol. The highest BCUT2D eigenvalue weighted by Gasteiger charge is 2.14. The van der Waals surface area contributed by atoms with Crippen molar-refractivity contribution in [2.45, 2.75) is 6.42 Å². The minimum atomic E-state index is -0.345. The maximum absolute atomic E-state index is 11.7. The van der Waals surface area contributed by atoms with Gasteiger partial charge in [0.1, 0.15) is 17.2 Å². The van der Waals surface area contributed by atoms with Crippen molar-refractivity contribution < 1.29 is 9.53 Å². The van der Waals surface area contributed by atoms with Crippen molar-refractivity contribution in [1.29, 1.82) is 0 Å². The van der Waals surface area contributed by atoms with Gasteiger partial charge in [-0.2, -0.15) is 0 Å². The van der Waals surface area contributed by atoms with Gasteiger partial charge in [0.2, 0.25) is 0 Å². The predicted molar refractivity (Wildman–Crippen MR) is 111 cm³/mol. The van der Waals surface area contributed by atoms with Crippen LogP contribution in [0.5, 0.6) is 0 Å². The first-order chi connectivity index (χ1) is 13.8. The number of fused-ring (bicyclic) bond motifs is 1. The number of hydrogen-bond donors (Lipinski definition) is 1. The second-order valence-corrected chi connectivity index (χ2v) is 6.47. The minimum absolute atomic E-state index is 0.345. The third kappa shape index (κ3) is 3.60. The SMILES string of the molecule is COC(=O)c1ccc(-c2nc3ccccn3c2NCCc2ccccc2)cc1. The molecule has 4 aromatic rings. The molecule has 0 radical (unpaired) electrons. The fraction of sp³-hybridized carbons (Fsp3) is 0.130. The summed E-state index contributed by atoms with van der Waals surface area (Å²) in [5.74, 6) is 0.597. The largest absolute Gasteiger partial charge is 0.465 e. The molecule has 0 unspecified atom stereocenters. The first-order valence-corrected chi connectivity index (χ1v) is 9.20. The lowest BCUT2D eigenvalue weighted by Gasteiger charge is -2.09. The van der Waals surface area contributed by atoms with Crippen LogP contribution in [0.2, 0.25) is 0 Å². The quantitative estimate of drug-likeness (QED) is 0.509. The number of imidazole rings is 1. The van der Waals surface area contributed by atoms with Crippen LogP contribution in [0.25, 0.3) is 16.9 Å². The third-order valence-electron chi connectivity index (χ3n) is 4.66. The van der Waals surface area contributed by atoms with Gasteiger partial charge < -0.3 is 10.1 Å². The second kappa shape index (κ2) is 7.96. The minimum Gasteiger partial charge on any atom is -0.465 e. The van der Waals surface area contributed by atoms with E-state index in [9.17, 15) is 4.79 Å². The maximum Gasteiger partial charge on any atom is 0.337 e. The van der Waals surface area contributed by atoms with Crippen LogP contribution in [0.1, 0.15) is 15.9 Å². The number of hydrogen-bond acceptors (Lipinski definition) is 4. The molecular weight excluding hydrogens is 350 g/mol. The summed E-state index contributed by atoms with van der Waals surface area (Å²) in [4.78, 5) is 16.5. The summed E-state index contributed by atoms with van der Waals surface area (Å²) in [6.45, 7) is 0.792. The molecule has 0 saturated carbocycles. The highest BCUT2D eigenvalue weighted by atomic mass is 16.5. The van der Waals surface area contributed by atoms with Gasteiger partial charge in [-0.05, 0) is 36.2 Å². The van der Waals surface area contributed by atoms with Crippen molar-refractivity contribution in [3.8, 4) is 11.3 Å². The normalized spacial score (nSPS) is 10.8. The van der Waals surface area contributed by atoms with E-state index < -0.39 is 0 Å². The number of pyridine rings is 1. The van der Waals surface area contributed by atoms with E-state index in [-0.39, 0.29) is 5.97 Å². The first-order valence-electron chi connectivity index (χ1n) is 9.20. The highest BCUT2D eigenvalue weighted by molar-refractivity contribution is 5.90. The summed E-state index contributed by atoms with van der Waals surface area (Å²) < 4.78 is 6.83. The van der Waals surface area contributed by atoms with Crippen LogP contribution in [0.15, 0.2) is 79.0 Å². The van der Waals surface area contributed by atoms with Crippen molar-refractivity contribution in [1.82, 2.24) is 9.38 Å². The number of aromatic nitrogens is 2. The Balaban J connectivity index is 1.64. The zero-order valence-electron chi connectivity index (χ0n) is 15.6. The van der Waals surface area contributed by atoms with Gasteiger partial charge in [-0.25, -0.2) is 9.78 Å². The summed E-state index contributed by atoms with van der Waals surface area (Å²) in [5.41, 5.74) is 4.48. The van der Waals surface area contributed by atoms with Crippen molar-refractivity contribution in [2.24, 2.45) is 0 Å². The Hall–Kier alpha value is -3.60. The van der Waals surface area contributed by atoms with Crippen LogP contribution in [0.3, 0.4) is 0 Å². The van der Waals surface area contributed by atoms with E-state index in [0.29, 0.717) is 5.56 Å². The van der Waals surface area contributed by atoms with E-state index in [1.165, 1.54) is 12.7 Å². The van der Waals surface area contributed by atoms with Crippen LogP contribution in [-0.2, 0) is 11.2 Å². The molecule has 4 rings (SSSR count). The lowest BCUT2D eigenvalue weighted by molar-refractivity contribution is 0.0601. The predicted octanol–water partition coefficient (Wildman–Crippen LogP) is 4.44. The molecule has 0 bridgehead atoms. The van der Waals surface area contributed by atoms with E-state index >= 15 is 0 Å². The Morgan fingerprint density at radius 2 is 1.75 bits per heavy atom. The molecule has 28 heavy (non-hydrogen) atoms. The maximum atomic E-state index is 11.7. The molecule has 0 aliphatic heterocycles. The molecular formula is C23H21N3O2. The van der Waals surface area contributed by atoms with Gasteiger partial charge in [0.05, 0.1) is 12.7 Å². The molecule has 0 spiro atoms. The Morgan fingerprint density at radius 1 is 1.00 bits per heavy atom. The molecule has 5 nitrogen and oxygen atoms in total. The zero-order chi connectivity index (χ0) is 19.3. The Bertz CT molecular complexity index is 1090. The number of rotatable bonds is 6. The average Bonchev–Trinajstić information content (AvgIpc) is 3.13. The van der Waals surface area contributed by atoms with E-state index in [0.717, 1.165) is 35.7 Å². The highest BCUT2D eigenvalue weighted by Crippen LogP contribution is 2.29. The number of nitrogens with one attached hydrogen (secondary N) is 1. The van der Waals surface area contributed by atoms with Crippen LogP contribution in [0.4, 0.5) is 5.82 Å². The number of carbonyl (C=O) groups is 1. The number of benzene rings is 2. The zero-order valence-corrected chi connectivity index (χ0v) is 15.6. The molecule has 0 saturated heterocycles. The Labute approximate surface area is 163 Å². The summed E-state index contributed by atoms with van der Waals surface area (Å²) >= 11 is 0. The number of nitrogens with zero attached hydrogens (tertiary/aromatic N) is 2. The van der Waals surface area contributed by atoms with Crippen molar-refractivity contribution in [3.05, 3.63) is 90.1 Å². The molecule has 0 atom stereocenters. The van der Waals surface area contributed by atoms with Gasteiger partial charge in [-0.3, -0.25) is 4.40 Å². The van der Waals surface area contributed by atoms with Gasteiger partial charge in [0, 0.05) is 18.3 Å². The number of esters is 1. The van der Waals surface area contributed by atoms with Gasteiger partial charge >= 0.3 is 5.97 Å². The smallest absolute Gasteiger partial charge is 0.337 e. The topological polar surface area (TPSA) is 55.6 Å². The van der Waals surface area contributed by atoms with E-state index in [4.69, 9.17) is 9.72 Å². The molecule has 2 aromatic carbocycles. The fourth-order valence-electron chi connectivity index (χ4n) is 3.22. The van der Waals surface area contributed by atoms with Crippen LogP contribution < -0.4 is 5.32 Å². The molecule has 0 fully saturated rings. The molecule has 0 aliphatic carbocycles. The van der Waals surface area contributed by atoms with E-state index in [1.54, 1.807) is 12.1 Å². The standard InChI is InChI=1S/C23H21N3O2/c1-28-23(27)19-12-10-18(11-13-19)21-22(26-16-6-5-9-20(26)25-21)24-15-14-17-7-3-2-4-8-17/h2-13,16,24H,14-15H2,1H3. The van der Waals surface area contributed by atoms with Gasteiger partial charge in [-0.1, -0.05) is 48.5 Å². The van der Waals surface area contributed by atoms with E-state index in [2.05, 4.69) is 34.0 Å². The van der Waals surface area contributed by atoms with Crippen LogP contribution >= 0.6 is 0 Å². The van der Waals surface area contributed by atoms with Gasteiger partial charge in [-0.15, -0.1) is 0 Å². The lowest BCUT2D eigenvalue weighted by atomic mass is 10.1. The number of anilines is 1. The number of methoxy groups -OCH3 is 1. The summed E-state index contributed by atoms with van der Waals surface area (Å²) in [7, 11) is 1.38. The fourth-order valence-corrected chi connectivity index (χ4v) is 3.22. The number of ether oxygens (including phenoxy) is 1. The van der Waals surface area contributed by atoms with E-state index in [1.807, 2.05) is 42.6 Å². The Morgan fingerprint density at radius 3 is 2.50 bits per heavy atom. The lowest BCUT2D eigenvalue weighted by Crippen LogP contribution is -2.07. The van der Waals surface area contributed by atoms with Crippen molar-refractivity contribution in [2.75, 3.05) is 19.0 Å².